The molecule has 6 nitrogen and oxygen atoms in total. The topological polar surface area (TPSA) is 67.9 Å². The minimum absolute atomic E-state index is 0.0224. The highest BCUT2D eigenvalue weighted by Crippen LogP contribution is 2.28. The van der Waals surface area contributed by atoms with Gasteiger partial charge in [-0.2, -0.15) is 0 Å². The Labute approximate surface area is 142 Å². The van der Waals surface area contributed by atoms with E-state index in [0.717, 1.165) is 5.56 Å². The van der Waals surface area contributed by atoms with E-state index in [1.165, 1.54) is 0 Å². The van der Waals surface area contributed by atoms with Crippen LogP contribution in [0.3, 0.4) is 0 Å². The fourth-order valence-corrected chi connectivity index (χ4v) is 2.78. The van der Waals surface area contributed by atoms with Crippen molar-refractivity contribution in [3.05, 3.63) is 36.4 Å². The fourth-order valence-electron chi connectivity index (χ4n) is 2.78. The summed E-state index contributed by atoms with van der Waals surface area (Å²) in [4.78, 5) is 25.8. The van der Waals surface area contributed by atoms with Gasteiger partial charge in [0, 0.05) is 26.1 Å². The highest BCUT2D eigenvalue weighted by Gasteiger charge is 2.33. The maximum Gasteiger partial charge on any atom is 0.225 e. The Morgan fingerprint density at radius 1 is 1.38 bits per heavy atom. The van der Waals surface area contributed by atoms with E-state index in [4.69, 9.17) is 9.47 Å². The Morgan fingerprint density at radius 2 is 2.12 bits per heavy atom. The van der Waals surface area contributed by atoms with Crippen molar-refractivity contribution in [2.75, 3.05) is 33.9 Å². The lowest BCUT2D eigenvalue weighted by Gasteiger charge is -2.17. The monoisotopic (exact) mass is 332 g/mol. The summed E-state index contributed by atoms with van der Waals surface area (Å²) in [7, 11) is 3.19. The number of carbonyl (C=O) groups excluding carboxylic acids is 2. The number of benzene rings is 1. The molecule has 1 aliphatic heterocycles. The van der Waals surface area contributed by atoms with Crippen molar-refractivity contribution < 1.29 is 19.1 Å². The van der Waals surface area contributed by atoms with Gasteiger partial charge < -0.3 is 19.7 Å². The summed E-state index contributed by atoms with van der Waals surface area (Å²) in [5, 5.41) is 2.75. The number of carbonyl (C=O) groups is 2. The third kappa shape index (κ3) is 4.28. The van der Waals surface area contributed by atoms with Gasteiger partial charge in [0.2, 0.25) is 11.8 Å². The number of likely N-dealkylation sites (tertiary alicyclic amines) is 1. The van der Waals surface area contributed by atoms with Crippen molar-refractivity contribution in [1.29, 1.82) is 0 Å². The molecule has 6 heteroatoms. The van der Waals surface area contributed by atoms with Gasteiger partial charge in [-0.05, 0) is 24.1 Å². The second-order valence-corrected chi connectivity index (χ2v) is 5.71. The number of rotatable bonds is 8. The molecule has 1 N–H and O–H groups in total. The molecule has 2 rings (SSSR count). The van der Waals surface area contributed by atoms with Gasteiger partial charge in [-0.1, -0.05) is 12.1 Å². The first-order valence-corrected chi connectivity index (χ1v) is 7.96. The van der Waals surface area contributed by atoms with Crippen LogP contribution in [0.4, 0.5) is 0 Å². The van der Waals surface area contributed by atoms with E-state index in [9.17, 15) is 9.59 Å². The van der Waals surface area contributed by atoms with Gasteiger partial charge in [-0.25, -0.2) is 0 Å². The summed E-state index contributed by atoms with van der Waals surface area (Å²) < 4.78 is 10.5. The molecular formula is C18H24N2O4. The van der Waals surface area contributed by atoms with Crippen LogP contribution in [-0.4, -0.2) is 50.6 Å². The average Bonchev–Trinajstić information content (AvgIpc) is 2.98. The van der Waals surface area contributed by atoms with E-state index in [1.807, 2.05) is 18.2 Å². The SMILES string of the molecule is C=CCNC(=O)C1CC(=O)N(CCc2ccc(OC)c(OC)c2)C1. The Balaban J connectivity index is 1.91. The second-order valence-electron chi connectivity index (χ2n) is 5.71. The molecule has 24 heavy (non-hydrogen) atoms. The Kier molecular flexibility index (Phi) is 6.23. The largest absolute Gasteiger partial charge is 0.493 e. The summed E-state index contributed by atoms with van der Waals surface area (Å²) in [6.45, 7) is 5.04. The second kappa shape index (κ2) is 8.38. The lowest BCUT2D eigenvalue weighted by atomic mass is 10.1. The van der Waals surface area contributed by atoms with E-state index in [1.54, 1.807) is 25.2 Å². The molecule has 1 atom stereocenters. The zero-order chi connectivity index (χ0) is 17.5. The van der Waals surface area contributed by atoms with Crippen molar-refractivity contribution >= 4 is 11.8 Å². The van der Waals surface area contributed by atoms with Gasteiger partial charge in [0.15, 0.2) is 11.5 Å². The van der Waals surface area contributed by atoms with Gasteiger partial charge in [0.05, 0.1) is 20.1 Å². The number of methoxy groups -OCH3 is 2. The van der Waals surface area contributed by atoms with Crippen LogP contribution in [0, 0.1) is 5.92 Å². The highest BCUT2D eigenvalue weighted by molar-refractivity contribution is 5.89. The first-order valence-electron chi connectivity index (χ1n) is 7.96. The van der Waals surface area contributed by atoms with Gasteiger partial charge in [0.1, 0.15) is 0 Å². The number of nitrogens with zero attached hydrogens (tertiary/aromatic N) is 1. The molecule has 0 radical (unpaired) electrons. The molecule has 0 aliphatic carbocycles. The van der Waals surface area contributed by atoms with E-state index in [2.05, 4.69) is 11.9 Å². The molecule has 2 amide bonds. The molecule has 1 aliphatic rings. The van der Waals surface area contributed by atoms with E-state index >= 15 is 0 Å². The predicted octanol–water partition coefficient (Wildman–Crippen LogP) is 1.40. The van der Waals surface area contributed by atoms with Gasteiger partial charge in [0.25, 0.3) is 0 Å². The van der Waals surface area contributed by atoms with Crippen molar-refractivity contribution in [3.8, 4) is 11.5 Å². The molecule has 0 bridgehead atoms. The van der Waals surface area contributed by atoms with Crippen molar-refractivity contribution in [1.82, 2.24) is 10.2 Å². The first kappa shape index (κ1) is 17.8. The van der Waals surface area contributed by atoms with E-state index in [-0.39, 0.29) is 24.2 Å². The van der Waals surface area contributed by atoms with Crippen molar-refractivity contribution in [3.63, 3.8) is 0 Å². The van der Waals surface area contributed by atoms with Crippen LogP contribution >= 0.6 is 0 Å². The molecule has 1 aromatic rings. The van der Waals surface area contributed by atoms with Crippen LogP contribution < -0.4 is 14.8 Å². The number of nitrogens with one attached hydrogen (secondary N) is 1. The van der Waals surface area contributed by atoms with Gasteiger partial charge in [-0.15, -0.1) is 6.58 Å². The molecule has 1 saturated heterocycles. The molecule has 1 fully saturated rings. The summed E-state index contributed by atoms with van der Waals surface area (Å²) >= 11 is 0. The Hall–Kier alpha value is -2.50. The standard InChI is InChI=1S/C18H24N2O4/c1-4-8-19-18(22)14-11-17(21)20(12-14)9-7-13-5-6-15(23-2)16(10-13)24-3/h4-6,10,14H,1,7-9,11-12H2,2-3H3,(H,19,22). The van der Waals surface area contributed by atoms with Gasteiger partial charge >= 0.3 is 0 Å². The number of hydrogen-bond donors (Lipinski definition) is 1. The Morgan fingerprint density at radius 3 is 2.79 bits per heavy atom. The summed E-state index contributed by atoms with van der Waals surface area (Å²) in [6.07, 6.45) is 2.60. The van der Waals surface area contributed by atoms with Crippen LogP contribution in [0.2, 0.25) is 0 Å². The zero-order valence-electron chi connectivity index (χ0n) is 14.2. The third-order valence-electron chi connectivity index (χ3n) is 4.12. The van der Waals surface area contributed by atoms with E-state index < -0.39 is 0 Å². The van der Waals surface area contributed by atoms with Crippen LogP contribution in [0.25, 0.3) is 0 Å². The minimum Gasteiger partial charge on any atom is -0.493 e. The lowest BCUT2D eigenvalue weighted by Crippen LogP contribution is -2.33. The maximum atomic E-state index is 12.1. The normalized spacial score (nSPS) is 16.8. The first-order chi connectivity index (χ1) is 11.6. The molecule has 0 aromatic heterocycles. The summed E-state index contributed by atoms with van der Waals surface area (Å²) in [6, 6.07) is 5.72. The Bertz CT molecular complexity index is 615. The van der Waals surface area contributed by atoms with Gasteiger partial charge in [-0.3, -0.25) is 9.59 Å². The number of amides is 2. The molecule has 130 valence electrons. The smallest absolute Gasteiger partial charge is 0.225 e. The average molecular weight is 332 g/mol. The molecule has 0 spiro atoms. The fraction of sp³-hybridized carbons (Fsp3) is 0.444. The van der Waals surface area contributed by atoms with E-state index in [0.29, 0.717) is 37.6 Å². The molecule has 1 heterocycles. The maximum absolute atomic E-state index is 12.1. The van der Waals surface area contributed by atoms with Crippen LogP contribution in [0.15, 0.2) is 30.9 Å². The third-order valence-corrected chi connectivity index (χ3v) is 4.12. The van der Waals surface area contributed by atoms with Crippen LogP contribution in [0.1, 0.15) is 12.0 Å². The lowest BCUT2D eigenvalue weighted by molar-refractivity contribution is -0.128. The molecule has 1 aromatic carbocycles. The quantitative estimate of drug-likeness (QED) is 0.731. The predicted molar refractivity (Wildman–Crippen MR) is 91.1 cm³/mol. The molecule has 1 unspecified atom stereocenters. The number of hydrogen-bond acceptors (Lipinski definition) is 4. The van der Waals surface area contributed by atoms with Crippen LogP contribution in [-0.2, 0) is 16.0 Å². The summed E-state index contributed by atoms with van der Waals surface area (Å²) in [5.74, 6) is 1.01. The van der Waals surface area contributed by atoms with Crippen molar-refractivity contribution in [2.45, 2.75) is 12.8 Å². The minimum atomic E-state index is -0.275. The highest BCUT2D eigenvalue weighted by atomic mass is 16.5. The zero-order valence-corrected chi connectivity index (χ0v) is 14.2. The summed E-state index contributed by atoms with van der Waals surface area (Å²) in [5.41, 5.74) is 1.06. The molecule has 0 saturated carbocycles. The molecular weight excluding hydrogens is 308 g/mol. The number of ether oxygens (including phenoxy) is 2. The van der Waals surface area contributed by atoms with Crippen LogP contribution in [0.5, 0.6) is 11.5 Å². The van der Waals surface area contributed by atoms with Crippen molar-refractivity contribution in [2.24, 2.45) is 5.92 Å².